The molecule has 0 aromatic rings. The molecule has 164 valence electrons. The number of carboxylic acids is 1. The van der Waals surface area contributed by atoms with E-state index < -0.39 is 54.1 Å². The van der Waals surface area contributed by atoms with E-state index >= 15 is 0 Å². The van der Waals surface area contributed by atoms with Gasteiger partial charge in [-0.25, -0.2) is 4.79 Å². The predicted molar refractivity (Wildman–Crippen MR) is 102 cm³/mol. The van der Waals surface area contributed by atoms with Crippen LogP contribution in [0, 0.1) is 0 Å². The first kappa shape index (κ1) is 24.3. The summed E-state index contributed by atoms with van der Waals surface area (Å²) < 4.78 is 0. The average molecular weight is 414 g/mol. The summed E-state index contributed by atoms with van der Waals surface area (Å²) in [6.45, 7) is 0.501. The first-order valence-corrected chi connectivity index (χ1v) is 9.52. The Balaban J connectivity index is 2.82. The van der Waals surface area contributed by atoms with E-state index in [0.717, 1.165) is 0 Å². The molecule has 0 saturated carbocycles. The van der Waals surface area contributed by atoms with Gasteiger partial charge < -0.3 is 37.8 Å². The third-order valence-electron chi connectivity index (χ3n) is 4.65. The molecule has 1 heterocycles. The number of primary amides is 1. The van der Waals surface area contributed by atoms with Crippen LogP contribution < -0.4 is 27.8 Å². The highest BCUT2D eigenvalue weighted by atomic mass is 16.4. The van der Waals surface area contributed by atoms with Crippen LogP contribution in [0.15, 0.2) is 0 Å². The predicted octanol–water partition coefficient (Wildman–Crippen LogP) is -3.01. The third kappa shape index (κ3) is 7.66. The minimum absolute atomic E-state index is 0.150. The molecular formula is C17H30N6O6. The number of likely N-dealkylation sites (tertiary alicyclic amines) is 1. The van der Waals surface area contributed by atoms with Gasteiger partial charge in [-0.05, 0) is 38.6 Å². The van der Waals surface area contributed by atoms with Crippen molar-refractivity contribution >= 4 is 29.6 Å². The van der Waals surface area contributed by atoms with Gasteiger partial charge in [0.15, 0.2) is 0 Å². The Hall–Kier alpha value is -2.73. The highest BCUT2D eigenvalue weighted by Gasteiger charge is 2.36. The number of unbranched alkanes of at least 4 members (excludes halogenated alkanes) is 1. The third-order valence-corrected chi connectivity index (χ3v) is 4.65. The molecule has 3 atom stereocenters. The molecular weight excluding hydrogens is 384 g/mol. The number of hydrogen-bond donors (Lipinski definition) is 6. The number of hydrogen-bond acceptors (Lipinski definition) is 7. The van der Waals surface area contributed by atoms with Crippen molar-refractivity contribution in [2.24, 2.45) is 17.2 Å². The van der Waals surface area contributed by atoms with E-state index in [1.165, 1.54) is 4.90 Å². The second kappa shape index (κ2) is 12.0. The zero-order chi connectivity index (χ0) is 22.0. The molecule has 0 radical (unpaired) electrons. The molecule has 0 aliphatic carbocycles. The largest absolute Gasteiger partial charge is 0.480 e. The smallest absolute Gasteiger partial charge is 0.326 e. The van der Waals surface area contributed by atoms with Crippen molar-refractivity contribution in [3.8, 4) is 0 Å². The lowest BCUT2D eigenvalue weighted by molar-refractivity contribution is -0.143. The summed E-state index contributed by atoms with van der Waals surface area (Å²) >= 11 is 0. The zero-order valence-corrected chi connectivity index (χ0v) is 16.3. The van der Waals surface area contributed by atoms with Crippen molar-refractivity contribution in [3.63, 3.8) is 0 Å². The normalized spacial score (nSPS) is 18.0. The number of nitrogens with zero attached hydrogens (tertiary/aromatic N) is 1. The molecule has 0 aromatic carbocycles. The summed E-state index contributed by atoms with van der Waals surface area (Å²) in [4.78, 5) is 61.0. The van der Waals surface area contributed by atoms with Gasteiger partial charge in [-0.1, -0.05) is 0 Å². The standard InChI is InChI=1S/C17H30N6O6/c18-6-2-1-4-10(17(28)29)21-15(26)11(8-13(20)24)22-16(27)12-5-3-7-23(12)14(25)9-19/h10-12H,1-9,18-19H2,(H2,20,24)(H,21,26)(H,22,27)(H,28,29). The summed E-state index contributed by atoms with van der Waals surface area (Å²) in [5.41, 5.74) is 15.9. The number of rotatable bonds is 12. The van der Waals surface area contributed by atoms with Crippen LogP contribution in [0.25, 0.3) is 0 Å². The van der Waals surface area contributed by atoms with Crippen LogP contribution in [0.1, 0.15) is 38.5 Å². The quantitative estimate of drug-likeness (QED) is 0.181. The van der Waals surface area contributed by atoms with Gasteiger partial charge in [-0.15, -0.1) is 0 Å². The van der Waals surface area contributed by atoms with Gasteiger partial charge in [0.1, 0.15) is 18.1 Å². The van der Waals surface area contributed by atoms with Crippen molar-refractivity contribution in [1.82, 2.24) is 15.5 Å². The summed E-state index contributed by atoms with van der Waals surface area (Å²) in [6.07, 6.45) is 1.70. The maximum absolute atomic E-state index is 12.6. The van der Waals surface area contributed by atoms with Crippen LogP contribution in [0.4, 0.5) is 0 Å². The fourth-order valence-corrected chi connectivity index (χ4v) is 3.16. The minimum Gasteiger partial charge on any atom is -0.480 e. The molecule has 3 unspecified atom stereocenters. The number of nitrogens with two attached hydrogens (primary N) is 3. The van der Waals surface area contributed by atoms with Crippen molar-refractivity contribution in [1.29, 1.82) is 0 Å². The van der Waals surface area contributed by atoms with Crippen LogP contribution >= 0.6 is 0 Å². The Bertz CT molecular complexity index is 628. The van der Waals surface area contributed by atoms with Crippen LogP contribution in [-0.4, -0.2) is 77.4 Å². The molecule has 0 aromatic heterocycles. The highest BCUT2D eigenvalue weighted by Crippen LogP contribution is 2.17. The Morgan fingerprint density at radius 2 is 1.76 bits per heavy atom. The highest BCUT2D eigenvalue weighted by molar-refractivity contribution is 5.96. The number of aliphatic carboxylic acids is 1. The van der Waals surface area contributed by atoms with E-state index in [-0.39, 0.29) is 13.0 Å². The van der Waals surface area contributed by atoms with Gasteiger partial charge in [0.2, 0.25) is 23.6 Å². The molecule has 4 amide bonds. The molecule has 1 rings (SSSR count). The molecule has 0 spiro atoms. The number of carbonyl (C=O) groups excluding carboxylic acids is 4. The van der Waals surface area contributed by atoms with Crippen molar-refractivity contribution in [3.05, 3.63) is 0 Å². The van der Waals surface area contributed by atoms with Gasteiger partial charge in [0, 0.05) is 6.54 Å². The SMILES string of the molecule is NCCCCC(NC(=O)C(CC(N)=O)NC(=O)C1CCCN1C(=O)CN)C(=O)O. The zero-order valence-electron chi connectivity index (χ0n) is 16.3. The van der Waals surface area contributed by atoms with Crippen LogP contribution in [0.5, 0.6) is 0 Å². The van der Waals surface area contributed by atoms with E-state index in [4.69, 9.17) is 17.2 Å². The maximum Gasteiger partial charge on any atom is 0.326 e. The summed E-state index contributed by atoms with van der Waals surface area (Å²) in [5.74, 6) is -3.95. The maximum atomic E-state index is 12.6. The molecule has 29 heavy (non-hydrogen) atoms. The number of carboxylic acid groups (broad SMARTS) is 1. The monoisotopic (exact) mass is 414 g/mol. The lowest BCUT2D eigenvalue weighted by Gasteiger charge is -2.26. The Morgan fingerprint density at radius 3 is 2.31 bits per heavy atom. The van der Waals surface area contributed by atoms with Gasteiger partial charge in [0.05, 0.1) is 13.0 Å². The first-order chi connectivity index (χ1) is 13.7. The van der Waals surface area contributed by atoms with Crippen LogP contribution in [0.2, 0.25) is 0 Å². The van der Waals surface area contributed by atoms with Gasteiger partial charge in [0.25, 0.3) is 0 Å². The Labute approximate surface area is 168 Å². The number of nitrogens with one attached hydrogen (secondary N) is 2. The number of amides is 4. The van der Waals surface area contributed by atoms with E-state index in [0.29, 0.717) is 38.8 Å². The molecule has 9 N–H and O–H groups in total. The van der Waals surface area contributed by atoms with Gasteiger partial charge in [-0.3, -0.25) is 19.2 Å². The molecule has 12 heteroatoms. The second-order valence-corrected chi connectivity index (χ2v) is 6.86. The molecule has 12 nitrogen and oxygen atoms in total. The van der Waals surface area contributed by atoms with Crippen molar-refractivity contribution < 1.29 is 29.1 Å². The first-order valence-electron chi connectivity index (χ1n) is 9.52. The van der Waals surface area contributed by atoms with E-state index in [2.05, 4.69) is 10.6 Å². The Kier molecular flexibility index (Phi) is 10.0. The summed E-state index contributed by atoms with van der Waals surface area (Å²) in [6, 6.07) is -3.36. The van der Waals surface area contributed by atoms with Crippen molar-refractivity contribution in [2.45, 2.75) is 56.7 Å². The van der Waals surface area contributed by atoms with E-state index in [9.17, 15) is 29.1 Å². The lowest BCUT2D eigenvalue weighted by Crippen LogP contribution is -2.56. The fourth-order valence-electron chi connectivity index (χ4n) is 3.16. The minimum atomic E-state index is -1.35. The molecule has 1 aliphatic heterocycles. The van der Waals surface area contributed by atoms with Gasteiger partial charge in [-0.2, -0.15) is 0 Å². The van der Waals surface area contributed by atoms with E-state index in [1.54, 1.807) is 0 Å². The van der Waals surface area contributed by atoms with Crippen LogP contribution in [-0.2, 0) is 24.0 Å². The average Bonchev–Trinajstić information content (AvgIpc) is 3.15. The van der Waals surface area contributed by atoms with Crippen molar-refractivity contribution in [2.75, 3.05) is 19.6 Å². The Morgan fingerprint density at radius 1 is 1.07 bits per heavy atom. The molecule has 0 bridgehead atoms. The van der Waals surface area contributed by atoms with E-state index in [1.807, 2.05) is 0 Å². The lowest BCUT2D eigenvalue weighted by atomic mass is 10.1. The second-order valence-electron chi connectivity index (χ2n) is 6.86. The van der Waals surface area contributed by atoms with Crippen LogP contribution in [0.3, 0.4) is 0 Å². The molecule has 1 saturated heterocycles. The summed E-state index contributed by atoms with van der Waals surface area (Å²) in [5, 5.41) is 14.0. The molecule has 1 fully saturated rings. The topological polar surface area (TPSA) is 211 Å². The number of carbonyl (C=O) groups is 5. The fraction of sp³-hybridized carbons (Fsp3) is 0.706. The molecule has 1 aliphatic rings. The summed E-state index contributed by atoms with van der Waals surface area (Å²) in [7, 11) is 0. The van der Waals surface area contributed by atoms with Gasteiger partial charge >= 0.3 is 5.97 Å².